The molecule has 0 radical (unpaired) electrons. The standard InChI is InChI=1S/C31H32N4O4.C30H32ClN3O4.C19H29BClNO3.C17H15ClN2O3.CH3F.CN.2CH4.ClH.Cu/c1-31(2,35-12-14-38-15-13-35)25-9-7-20(16-22(25)19-32)23-10-11-33-26-18-28(39-29(23)26)24-8-6-21(17-27(24)37-5)30(36)34(3)4;1-30(2,34-12-14-37-15-13-34)23-9-7-19(16-24(23)31)21-10-11-32-25-18-27(38-28(21)25)22-8-6-20(17-26(22)36-5)29(35)33(3)4;1-17(2,22-9-11-23-12-10-22)15-8-7-14(13-16(15)21)20-24-18(3,4)19(5,6)25-20;1-20(2)17(21)10-4-5-11(14(8-10)22-3)15-9-13-16(23-15)12(18)6-7-19-13;2*1-2;;;;/h6-11,16-18H,12-15H2,1-5H3;6-11,16-18H,12-15H2,1-5H3;7-8,13H,9-12H2,1-6H3;4-9H,1-3H3;1H3;;2*1H4;1H;/q;;;;;-1;;;;+1/i;;;;1D;;;;;. The van der Waals surface area contributed by atoms with Crippen molar-refractivity contribution < 1.29 is 88.2 Å². The predicted octanol–water partition coefficient (Wildman–Crippen LogP) is 20.8. The molecule has 32 heteroatoms. The maximum Gasteiger partial charge on any atom is 1.00 e. The summed E-state index contributed by atoms with van der Waals surface area (Å²) in [7, 11) is 13.6. The Hall–Kier alpha value is -10.5. The van der Waals surface area contributed by atoms with E-state index in [1.165, 1.54) is 14.7 Å². The Bertz CT molecular complexity index is 6090. The molecule has 4 saturated heterocycles. The molecule has 6 aromatic carbocycles. The van der Waals surface area contributed by atoms with E-state index in [9.17, 15) is 24.0 Å². The second-order valence-corrected chi connectivity index (χ2v) is 35.4. The van der Waals surface area contributed by atoms with Gasteiger partial charge in [-0.05, 0) is 194 Å². The topological polar surface area (TPSA) is 270 Å². The number of amides is 3. The SMILES string of the molecule is C.C.CC(C)(c1ccc(B2OC(C)(C)C(C)(C)O2)cc1Cl)N1CCOCC1.COc1cc(C(=O)N(C)C)ccc1-c1cc2nccc(-c3ccc(C(C)(C)N4CCOCC4)c(C#N)c3)c2o1.COc1cc(C(=O)N(C)C)ccc1-c1cc2nccc(-c3ccc(C(C)(C)N4CCOCC4)c(Cl)c3)c2o1.COc1cc(C(=O)N(C)C)ccc1-c1cc2nccc(Cl)c2o1.Cl.[2H]CF.[C-]#N.[Cu+]. The zero-order valence-electron chi connectivity index (χ0n) is 78.2. The number of alkyl halides is 1. The number of morpholine rings is 3. The van der Waals surface area contributed by atoms with Crippen molar-refractivity contribution in [2.24, 2.45) is 0 Å². The summed E-state index contributed by atoms with van der Waals surface area (Å²) in [5.74, 6) is 3.11. The molecule has 0 bridgehead atoms. The van der Waals surface area contributed by atoms with Gasteiger partial charge in [-0.15, -0.1) is 12.4 Å². The molecule has 0 unspecified atom stereocenters. The van der Waals surface area contributed by atoms with Crippen LogP contribution in [0, 0.1) is 23.2 Å². The molecule has 12 aromatic rings. The van der Waals surface area contributed by atoms with E-state index >= 15 is 0 Å². The third kappa shape index (κ3) is 24.1. The van der Waals surface area contributed by atoms with Gasteiger partial charge in [0.2, 0.25) is 0 Å². The van der Waals surface area contributed by atoms with E-state index in [4.69, 9.17) is 99.0 Å². The van der Waals surface area contributed by atoms with Crippen LogP contribution in [0.15, 0.2) is 177 Å². The Balaban J connectivity index is 0.000000243. The van der Waals surface area contributed by atoms with Crippen molar-refractivity contribution in [3.63, 3.8) is 0 Å². The molecular weight excluding hydrogens is 1830 g/mol. The molecule has 0 atom stereocenters. The molecule has 0 saturated carbocycles. The first-order chi connectivity index (χ1) is 61.9. The molecule has 16 rings (SSSR count). The summed E-state index contributed by atoms with van der Waals surface area (Å²) in [5, 5.41) is 18.3. The molecule has 4 fully saturated rings. The first-order valence-corrected chi connectivity index (χ1v) is 43.1. The molecule has 10 heterocycles. The quantitative estimate of drug-likeness (QED) is 0.0570. The van der Waals surface area contributed by atoms with Crippen LogP contribution in [0.5, 0.6) is 17.2 Å². The molecule has 3 amide bonds. The molecule has 0 aliphatic carbocycles. The maximum absolute atomic E-state index is 12.4. The maximum atomic E-state index is 12.4. The summed E-state index contributed by atoms with van der Waals surface area (Å²) in [5.41, 5.74) is 14.7. The Morgan fingerprint density at radius 3 is 1.11 bits per heavy atom. The number of furan rings is 3. The number of halogens is 5. The molecular formula is C101H120BCl4CuFN11O14. The summed E-state index contributed by atoms with van der Waals surface area (Å²) < 4.78 is 79.5. The second-order valence-electron chi connectivity index (χ2n) is 34.2. The van der Waals surface area contributed by atoms with E-state index in [1.807, 2.05) is 66.7 Å². The average Bonchev–Trinajstić information content (AvgIpc) is 1.56. The minimum atomic E-state index is -1.00. The monoisotopic (exact) mass is 1940 g/mol. The molecule has 712 valence electrons. The normalized spacial score (nSPS) is 14.9. The van der Waals surface area contributed by atoms with Crippen LogP contribution in [-0.2, 0) is 57.2 Å². The van der Waals surface area contributed by atoms with Gasteiger partial charge in [-0.2, -0.15) is 5.26 Å². The fourth-order valence-corrected chi connectivity index (χ4v) is 17.1. The Labute approximate surface area is 814 Å². The Kier molecular flexibility index (Phi) is 38.2. The third-order valence-electron chi connectivity index (χ3n) is 24.2. The van der Waals surface area contributed by atoms with Gasteiger partial charge in [0.25, 0.3) is 17.7 Å². The third-order valence-corrected chi connectivity index (χ3v) is 25.1. The van der Waals surface area contributed by atoms with Crippen LogP contribution in [0.1, 0.15) is 139 Å². The summed E-state index contributed by atoms with van der Waals surface area (Å²) in [6.45, 7) is 35.8. The number of fused-ring (bicyclic) bond motifs is 3. The van der Waals surface area contributed by atoms with Gasteiger partial charge in [0.15, 0.2) is 16.7 Å². The number of carbonyl (C=O) groups excluding carboxylic acids is 3. The molecule has 0 N–H and O–H groups in total. The summed E-state index contributed by atoms with van der Waals surface area (Å²) in [6.07, 6.45) is 5.14. The van der Waals surface area contributed by atoms with Crippen molar-refractivity contribution in [2.45, 2.75) is 112 Å². The van der Waals surface area contributed by atoms with Gasteiger partial charge in [-0.1, -0.05) is 86.1 Å². The van der Waals surface area contributed by atoms with Crippen molar-refractivity contribution in [2.75, 3.05) is 150 Å². The van der Waals surface area contributed by atoms with Crippen LogP contribution in [-0.4, -0.2) is 230 Å². The zero-order chi connectivity index (χ0) is 94.5. The van der Waals surface area contributed by atoms with Crippen molar-refractivity contribution in [3.8, 4) is 79.5 Å². The number of rotatable bonds is 18. The van der Waals surface area contributed by atoms with Gasteiger partial charge in [-0.3, -0.25) is 48.4 Å². The smallest absolute Gasteiger partial charge is 0.512 e. The van der Waals surface area contributed by atoms with E-state index in [2.05, 4.69) is 129 Å². The van der Waals surface area contributed by atoms with Gasteiger partial charge in [-0.25, -0.2) is 0 Å². The van der Waals surface area contributed by atoms with Crippen LogP contribution in [0.3, 0.4) is 0 Å². The van der Waals surface area contributed by atoms with Crippen LogP contribution in [0.25, 0.3) is 89.5 Å². The van der Waals surface area contributed by atoms with Crippen molar-refractivity contribution in [1.82, 2.24) is 44.4 Å². The second kappa shape index (κ2) is 47.1. The average molecular weight is 1950 g/mol. The van der Waals surface area contributed by atoms with E-state index in [0.717, 1.165) is 137 Å². The Morgan fingerprint density at radius 1 is 0.466 bits per heavy atom. The van der Waals surface area contributed by atoms with Crippen LogP contribution in [0.4, 0.5) is 4.39 Å². The molecule has 133 heavy (non-hydrogen) atoms. The van der Waals surface area contributed by atoms with Crippen LogP contribution >= 0.6 is 47.2 Å². The van der Waals surface area contributed by atoms with Crippen molar-refractivity contribution in [1.29, 1.82) is 10.5 Å². The van der Waals surface area contributed by atoms with Crippen LogP contribution < -0.4 is 19.7 Å². The summed E-state index contributed by atoms with van der Waals surface area (Å²) >= 11 is 19.7. The van der Waals surface area contributed by atoms with Crippen LogP contribution in [0.2, 0.25) is 15.1 Å². The minimum Gasteiger partial charge on any atom is -0.512 e. The van der Waals surface area contributed by atoms with Gasteiger partial charge in [0, 0.05) is 173 Å². The number of benzene rings is 6. The fraction of sp³-hybridized carbons (Fsp3) is 0.386. The minimum absolute atomic E-state index is 0. The number of aromatic nitrogens is 3. The fourth-order valence-electron chi connectivity index (χ4n) is 16.0. The van der Waals surface area contributed by atoms with E-state index in [1.54, 1.807) is 137 Å². The van der Waals surface area contributed by atoms with Gasteiger partial charge >= 0.3 is 24.2 Å². The number of nitrogens with zero attached hydrogens (tertiary/aromatic N) is 11. The number of pyridine rings is 3. The largest absolute Gasteiger partial charge is 1.00 e. The van der Waals surface area contributed by atoms with E-state index < -0.39 is 7.15 Å². The molecule has 4 aliphatic heterocycles. The summed E-state index contributed by atoms with van der Waals surface area (Å²) in [4.78, 5) is 62.0. The Morgan fingerprint density at radius 2 is 0.782 bits per heavy atom. The number of methoxy groups -OCH3 is 3. The predicted molar refractivity (Wildman–Crippen MR) is 524 cm³/mol. The van der Waals surface area contributed by atoms with Gasteiger partial charge < -0.3 is 77.5 Å². The van der Waals surface area contributed by atoms with E-state index in [-0.39, 0.29) is 97.0 Å². The molecule has 4 aliphatic rings. The van der Waals surface area contributed by atoms with E-state index in [0.29, 0.717) is 108 Å². The van der Waals surface area contributed by atoms with Gasteiger partial charge in [0.1, 0.15) is 51.1 Å². The molecule has 6 aromatic heterocycles. The molecule has 25 nitrogen and oxygen atoms in total. The number of hydrogen-bond acceptors (Lipinski definition) is 22. The number of carbonyl (C=O) groups is 3. The number of hydrogen-bond donors (Lipinski definition) is 0. The van der Waals surface area contributed by atoms with Crippen molar-refractivity contribution >= 4 is 111 Å². The summed E-state index contributed by atoms with van der Waals surface area (Å²) in [6, 6.07) is 47.7. The number of ether oxygens (including phenoxy) is 6. The van der Waals surface area contributed by atoms with Gasteiger partial charge in [0.05, 0.1) is 114 Å². The first-order valence-electron chi connectivity index (χ1n) is 42.7. The first kappa shape index (κ1) is 108. The van der Waals surface area contributed by atoms with Crippen molar-refractivity contribution in [3.05, 3.63) is 225 Å². The zero-order valence-corrected chi connectivity index (χ0v) is 81.2. The number of nitriles is 1. The molecule has 0 spiro atoms.